The Labute approximate surface area is 130 Å². The van der Waals surface area contributed by atoms with Gasteiger partial charge in [0.05, 0.1) is 0 Å². The highest BCUT2D eigenvalue weighted by Crippen LogP contribution is 2.16. The molecule has 0 aliphatic carbocycles. The average molecular weight is 306 g/mol. The van der Waals surface area contributed by atoms with E-state index in [9.17, 15) is 4.79 Å². The van der Waals surface area contributed by atoms with Crippen LogP contribution in [0.1, 0.15) is 35.0 Å². The molecule has 1 amide bonds. The summed E-state index contributed by atoms with van der Waals surface area (Å²) < 4.78 is 0. The van der Waals surface area contributed by atoms with Crippen molar-refractivity contribution in [3.63, 3.8) is 0 Å². The second-order valence-corrected chi connectivity index (χ2v) is 6.36. The molecule has 2 N–H and O–H groups in total. The van der Waals surface area contributed by atoms with Crippen molar-refractivity contribution in [2.45, 2.75) is 19.8 Å². The molecule has 21 heavy (non-hydrogen) atoms. The van der Waals surface area contributed by atoms with Gasteiger partial charge in [-0.25, -0.2) is 0 Å². The lowest BCUT2D eigenvalue weighted by Crippen LogP contribution is -2.34. The van der Waals surface area contributed by atoms with Crippen molar-refractivity contribution in [3.8, 4) is 11.8 Å². The largest absolute Gasteiger partial charge is 0.384 e. The topological polar surface area (TPSA) is 52.6 Å². The summed E-state index contributed by atoms with van der Waals surface area (Å²) in [4.78, 5) is 15.3. The van der Waals surface area contributed by atoms with E-state index in [0.717, 1.165) is 6.54 Å². The van der Waals surface area contributed by atoms with Crippen LogP contribution in [-0.4, -0.2) is 48.7 Å². The van der Waals surface area contributed by atoms with Gasteiger partial charge in [0.25, 0.3) is 5.91 Å². The lowest BCUT2D eigenvalue weighted by Gasteiger charge is -2.20. The van der Waals surface area contributed by atoms with Gasteiger partial charge in [-0.2, -0.15) is 0 Å². The van der Waals surface area contributed by atoms with Crippen LogP contribution in [0.4, 0.5) is 0 Å². The second-order valence-electron chi connectivity index (χ2n) is 5.45. The minimum Gasteiger partial charge on any atom is -0.384 e. The van der Waals surface area contributed by atoms with Crippen molar-refractivity contribution in [1.82, 2.24) is 10.2 Å². The Kier molecular flexibility index (Phi) is 6.24. The van der Waals surface area contributed by atoms with Crippen molar-refractivity contribution < 1.29 is 9.90 Å². The van der Waals surface area contributed by atoms with Crippen LogP contribution in [-0.2, 0) is 0 Å². The molecule has 1 aliphatic heterocycles. The zero-order valence-corrected chi connectivity index (χ0v) is 13.2. The van der Waals surface area contributed by atoms with E-state index >= 15 is 0 Å². The maximum atomic E-state index is 12.2. The van der Waals surface area contributed by atoms with Crippen LogP contribution >= 0.6 is 11.3 Å². The fraction of sp³-hybridized carbons (Fsp3) is 0.562. The number of hydrogen-bond donors (Lipinski definition) is 2. The van der Waals surface area contributed by atoms with Gasteiger partial charge < -0.3 is 15.3 Å². The highest BCUT2D eigenvalue weighted by Gasteiger charge is 2.16. The normalized spacial score (nSPS) is 16.3. The quantitative estimate of drug-likeness (QED) is 0.812. The molecule has 1 fully saturated rings. The Bertz CT molecular complexity index is 524. The third kappa shape index (κ3) is 4.85. The van der Waals surface area contributed by atoms with Crippen LogP contribution in [0.15, 0.2) is 11.4 Å². The Morgan fingerprint density at radius 3 is 3.00 bits per heavy atom. The summed E-state index contributed by atoms with van der Waals surface area (Å²) in [5.74, 6) is 5.77. The number of nitrogens with one attached hydrogen (secondary N) is 1. The molecule has 4 nitrogen and oxygen atoms in total. The zero-order chi connectivity index (χ0) is 15.1. The van der Waals surface area contributed by atoms with E-state index in [-0.39, 0.29) is 12.5 Å². The van der Waals surface area contributed by atoms with Crippen molar-refractivity contribution in [3.05, 3.63) is 21.9 Å². The van der Waals surface area contributed by atoms with Crippen LogP contribution in [0.25, 0.3) is 0 Å². The molecule has 1 saturated heterocycles. The second kappa shape index (κ2) is 8.18. The summed E-state index contributed by atoms with van der Waals surface area (Å²) in [5, 5.41) is 13.6. The number of carbonyl (C=O) groups is 1. The number of nitrogens with zero attached hydrogens (tertiary/aromatic N) is 1. The first-order valence-corrected chi connectivity index (χ1v) is 8.26. The number of aliphatic hydroxyl groups excluding tert-OH is 1. The van der Waals surface area contributed by atoms with Gasteiger partial charge in [-0.3, -0.25) is 4.79 Å². The Morgan fingerprint density at radius 2 is 2.29 bits per heavy atom. The first-order chi connectivity index (χ1) is 10.2. The summed E-state index contributed by atoms with van der Waals surface area (Å²) in [5.41, 5.74) is 0.693. The SMILES string of the molecule is CC(CNC(=O)c1sccc1C#CCO)CN1CCCC1. The number of amides is 1. The zero-order valence-electron chi connectivity index (χ0n) is 12.4. The van der Waals surface area contributed by atoms with Crippen molar-refractivity contribution in [2.75, 3.05) is 32.8 Å². The lowest BCUT2D eigenvalue weighted by atomic mass is 10.1. The molecule has 2 rings (SSSR count). The number of carbonyl (C=O) groups excluding carboxylic acids is 1. The molecule has 0 radical (unpaired) electrons. The first-order valence-electron chi connectivity index (χ1n) is 7.38. The van der Waals surface area contributed by atoms with E-state index in [2.05, 4.69) is 29.0 Å². The molecule has 1 aromatic rings. The molecule has 5 heteroatoms. The van der Waals surface area contributed by atoms with Gasteiger partial charge in [-0.1, -0.05) is 18.8 Å². The predicted molar refractivity (Wildman–Crippen MR) is 85.5 cm³/mol. The molecule has 1 unspecified atom stereocenters. The smallest absolute Gasteiger partial charge is 0.262 e. The van der Waals surface area contributed by atoms with E-state index in [1.54, 1.807) is 0 Å². The predicted octanol–water partition coefficient (Wildman–Crippen LogP) is 1.55. The third-order valence-electron chi connectivity index (χ3n) is 3.55. The number of rotatable bonds is 5. The molecule has 0 bridgehead atoms. The standard InChI is InChI=1S/C16H22N2O2S/c1-13(12-18-7-2-3-8-18)11-17-16(20)15-14(5-4-9-19)6-10-21-15/h6,10,13,19H,2-3,7-9,11-12H2,1H3,(H,17,20). The summed E-state index contributed by atoms with van der Waals surface area (Å²) in [6, 6.07) is 1.82. The van der Waals surface area contributed by atoms with Crippen molar-refractivity contribution >= 4 is 17.2 Å². The van der Waals surface area contributed by atoms with Crippen LogP contribution in [0.2, 0.25) is 0 Å². The molecule has 1 atom stereocenters. The van der Waals surface area contributed by atoms with Gasteiger partial charge in [0.15, 0.2) is 0 Å². The van der Waals surface area contributed by atoms with Gasteiger partial charge in [0, 0.05) is 18.7 Å². The highest BCUT2D eigenvalue weighted by molar-refractivity contribution is 7.12. The Hall–Kier alpha value is -1.35. The van der Waals surface area contributed by atoms with Crippen molar-refractivity contribution in [1.29, 1.82) is 0 Å². The molecule has 1 aliphatic rings. The molecule has 2 heterocycles. The first kappa shape index (κ1) is 16.0. The van der Waals surface area contributed by atoms with Gasteiger partial charge >= 0.3 is 0 Å². The molecule has 1 aromatic heterocycles. The van der Waals surface area contributed by atoms with Gasteiger partial charge in [-0.15, -0.1) is 11.3 Å². The summed E-state index contributed by atoms with van der Waals surface area (Å²) in [7, 11) is 0. The van der Waals surface area contributed by atoms with E-state index in [1.165, 1.54) is 37.3 Å². The summed E-state index contributed by atoms with van der Waals surface area (Å²) in [6.45, 7) is 6.07. The molecule has 0 spiro atoms. The van der Waals surface area contributed by atoms with Crippen LogP contribution in [0, 0.1) is 17.8 Å². The number of hydrogen-bond acceptors (Lipinski definition) is 4. The number of likely N-dealkylation sites (tertiary alicyclic amines) is 1. The summed E-state index contributed by atoms with van der Waals surface area (Å²) in [6.07, 6.45) is 2.59. The molecular formula is C16H22N2O2S. The monoisotopic (exact) mass is 306 g/mol. The molecule has 0 saturated carbocycles. The maximum absolute atomic E-state index is 12.2. The van der Waals surface area contributed by atoms with E-state index in [0.29, 0.717) is 22.9 Å². The van der Waals surface area contributed by atoms with Crippen LogP contribution in [0.5, 0.6) is 0 Å². The van der Waals surface area contributed by atoms with E-state index < -0.39 is 0 Å². The summed E-state index contributed by atoms with van der Waals surface area (Å²) >= 11 is 1.39. The van der Waals surface area contributed by atoms with Crippen molar-refractivity contribution in [2.24, 2.45) is 5.92 Å². The Balaban J connectivity index is 1.82. The fourth-order valence-electron chi connectivity index (χ4n) is 2.54. The molecule has 0 aromatic carbocycles. The Morgan fingerprint density at radius 1 is 1.52 bits per heavy atom. The number of thiophene rings is 1. The molecule has 114 valence electrons. The van der Waals surface area contributed by atoms with Crippen LogP contribution < -0.4 is 5.32 Å². The minimum atomic E-state index is -0.191. The maximum Gasteiger partial charge on any atom is 0.262 e. The minimum absolute atomic E-state index is 0.0690. The van der Waals surface area contributed by atoms with Crippen LogP contribution in [0.3, 0.4) is 0 Å². The lowest BCUT2D eigenvalue weighted by molar-refractivity contribution is 0.0949. The van der Waals surface area contributed by atoms with Gasteiger partial charge in [0.1, 0.15) is 11.5 Å². The van der Waals surface area contributed by atoms with Gasteiger partial charge in [0.2, 0.25) is 0 Å². The highest BCUT2D eigenvalue weighted by atomic mass is 32.1. The molecular weight excluding hydrogens is 284 g/mol. The fourth-order valence-corrected chi connectivity index (χ4v) is 3.30. The third-order valence-corrected chi connectivity index (χ3v) is 4.47. The van der Waals surface area contributed by atoms with E-state index in [1.807, 2.05) is 11.4 Å². The average Bonchev–Trinajstić information content (AvgIpc) is 3.13. The van der Waals surface area contributed by atoms with Gasteiger partial charge in [-0.05, 0) is 43.3 Å². The number of aliphatic hydroxyl groups is 1. The van der Waals surface area contributed by atoms with E-state index in [4.69, 9.17) is 5.11 Å².